The standard InChI is InChI=1S/C35H34N2O7.C28H28N2O7.C25H30N2O7.C24H28N2O7/c1-37(2)29-24-17-23-16-22-14-9-15-25(43-18-20-10-5-3-6-11-20)26(22)30(38)27(23)32(39)35(24,42)33(40)28(34(36)41)31(29)44-19-21-12-7-4-8-13-21;1-30(2)22-17-12-16-11-15-9-6-10-18(31)19(15)23(32)20(16)25(33)28(17,36)26(34)21(27(29)35)24(22)37-13-14-7-4-3-5-8-14;1-4-5-9-34-15-8-6-7-12-10-13-11-14-19(27(2)3)21(29)18(24(26)32)23(31)25(14,33)22(30)17(13)20(28)16(12)15;1-4-8-33-14-7-5-6-11-9-12-10-13-18(26(2)3)20(28)17(23(25)31)22(30)24(13,32)21(29)16(12)19(27)15(11)14/h3-15,23-24,29,38,42H,16-19H2,1-2H3,(H2,36,41);3-10,16-17,22,31-32,36H,11-13H2,1-2H3,(H2,29,35);6-8,13-14,19,28,31,33H,4-5,9-11H2,1-3H3,(H2,26,32);5-7,12-13,18,27,30,32H,4,8-10H2,1-3H3,(H2,25,31)/t23-,24-,29-,35-;16-,17-,22-,28-;13-,14-,19-,25-;12-,13-,18-,24-/m0000/s1. The number of carbonyl (C=O) groups excluding carboxylic acids is 12. The summed E-state index contributed by atoms with van der Waals surface area (Å²) in [6, 6.07) is 45.1. The molecule has 148 heavy (non-hydrogen) atoms. The summed E-state index contributed by atoms with van der Waals surface area (Å²) in [6.07, 6.45) is 4.56. The van der Waals surface area contributed by atoms with Crippen molar-refractivity contribution in [3.63, 3.8) is 0 Å². The maximum absolute atomic E-state index is 14.3. The van der Waals surface area contributed by atoms with Crippen LogP contribution in [-0.4, -0.2) is 262 Å². The first-order valence-corrected chi connectivity index (χ1v) is 48.9. The molecule has 0 aromatic heterocycles. The lowest BCUT2D eigenvalue weighted by Gasteiger charge is -2.50. The smallest absolute Gasteiger partial charge is 0.255 e. The van der Waals surface area contributed by atoms with Gasteiger partial charge in [-0.05, 0) is 207 Å². The number of hydrogen-bond donors (Lipinski definition) is 15. The topological polar surface area (TPSA) is 591 Å². The van der Waals surface area contributed by atoms with E-state index in [1.54, 1.807) is 96.5 Å². The van der Waals surface area contributed by atoms with Crippen molar-refractivity contribution in [3.8, 4) is 23.0 Å². The van der Waals surface area contributed by atoms with Crippen LogP contribution in [0, 0.1) is 47.3 Å². The van der Waals surface area contributed by atoms with Crippen LogP contribution in [-0.2, 0) is 113 Å². The molecule has 16 atom stereocenters. The van der Waals surface area contributed by atoms with Gasteiger partial charge < -0.3 is 103 Å². The summed E-state index contributed by atoms with van der Waals surface area (Å²) in [7, 11) is 13.2. The molecule has 12 aliphatic carbocycles. The molecule has 0 radical (unpaired) electrons. The number of aromatic hydroxyl groups is 1. The van der Waals surface area contributed by atoms with Crippen molar-refractivity contribution in [3.05, 3.63) is 293 Å². The Morgan fingerprint density at radius 2 is 0.595 bits per heavy atom. The molecule has 19 rings (SSSR count). The van der Waals surface area contributed by atoms with Crippen LogP contribution in [0.2, 0.25) is 0 Å². The van der Waals surface area contributed by atoms with E-state index in [0.717, 1.165) is 52.6 Å². The number of aliphatic hydroxyl groups excluding tert-OH is 6. The summed E-state index contributed by atoms with van der Waals surface area (Å²) in [6.45, 7) is 5.18. The zero-order chi connectivity index (χ0) is 107. The van der Waals surface area contributed by atoms with Crippen LogP contribution in [0.3, 0.4) is 0 Å². The first-order chi connectivity index (χ1) is 70.3. The average molecular weight is 2030 g/mol. The Hall–Kier alpha value is -15.0. The molecule has 36 heteroatoms. The quantitative estimate of drug-likeness (QED) is 0.0157. The summed E-state index contributed by atoms with van der Waals surface area (Å²) < 4.78 is 29.9. The number of primary amides is 4. The van der Waals surface area contributed by atoms with E-state index in [4.69, 9.17) is 46.6 Å². The number of hydrogen-bond acceptors (Lipinski definition) is 32. The second kappa shape index (κ2) is 41.4. The van der Waals surface area contributed by atoms with Crippen LogP contribution in [0.15, 0.2) is 231 Å². The molecule has 0 saturated heterocycles. The SMILES string of the molecule is CCCCOc1cccc2c1C(O)=C1C(=O)[C@]3(O)C(O)=C(C(N)=O)C(=O)[C@@H](N(C)C)[C@@H]3C[C@@H]1C2.CCCOc1cccc2c1C(O)=C1C(=O)[C@]3(O)C(O)=C(C(N)=O)C(=O)[C@@H](N(C)C)[C@@H]3C[C@@H]1C2.CN(C)[C@@H]1C(OCc2ccccc2)=C(C(N)=O)C(=O)[C@@]2(O)C(=O)C3=C(O)c4c(O)cccc4C[C@H]3C[C@@H]12.CN(C)[C@@H]1C(OCc2ccccc2)=C(C(N)=O)C(=O)[C@@]2(O)C(=O)C3=C(O)c4c(cccc4OCc4ccccc4)C[C@H]3C[C@@H]12. The molecular formula is C112H120N8O28. The highest BCUT2D eigenvalue weighted by molar-refractivity contribution is 6.35. The molecule has 19 N–H and O–H groups in total. The maximum atomic E-state index is 14.3. The Kier molecular flexibility index (Phi) is 29.6. The van der Waals surface area contributed by atoms with Crippen LogP contribution in [0.5, 0.6) is 23.0 Å². The van der Waals surface area contributed by atoms with Crippen molar-refractivity contribution in [2.24, 2.45) is 70.3 Å². The van der Waals surface area contributed by atoms with Crippen molar-refractivity contribution in [2.75, 3.05) is 69.6 Å². The van der Waals surface area contributed by atoms with Crippen molar-refractivity contribution >= 4 is 92.9 Å². The number of unbranched alkanes of at least 4 members (excludes halogenated alkanes) is 1. The van der Waals surface area contributed by atoms with Crippen molar-refractivity contribution < 1.29 is 137 Å². The number of nitrogens with zero attached hydrogens (tertiary/aromatic N) is 4. The number of aliphatic hydroxyl groups is 10. The molecule has 776 valence electrons. The molecule has 7 aromatic carbocycles. The van der Waals surface area contributed by atoms with E-state index in [-0.39, 0.29) is 108 Å². The number of benzene rings is 7. The highest BCUT2D eigenvalue weighted by Gasteiger charge is 2.70. The molecular weight excluding hydrogens is 1910 g/mol. The van der Waals surface area contributed by atoms with Gasteiger partial charge in [-0.1, -0.05) is 160 Å². The molecule has 4 amide bonds. The number of rotatable bonds is 24. The molecule has 36 nitrogen and oxygen atoms in total. The Morgan fingerprint density at radius 3 is 0.899 bits per heavy atom. The van der Waals surface area contributed by atoms with Gasteiger partial charge in [0.05, 0.1) is 59.6 Å². The number of phenols is 1. The van der Waals surface area contributed by atoms with Gasteiger partial charge in [-0.3, -0.25) is 77.1 Å². The first kappa shape index (κ1) is 106. The van der Waals surface area contributed by atoms with E-state index in [1.807, 2.05) is 141 Å². The summed E-state index contributed by atoms with van der Waals surface area (Å²) in [5.41, 5.74) is 15.4. The summed E-state index contributed by atoms with van der Waals surface area (Å²) >= 11 is 0. The molecule has 0 heterocycles. The highest BCUT2D eigenvalue weighted by atomic mass is 16.5. The lowest BCUT2D eigenvalue weighted by atomic mass is 9.57. The number of nitrogens with two attached hydrogens (primary N) is 4. The number of likely N-dealkylation sites (N-methyl/N-ethyl adjacent to an activating group) is 4. The monoisotopic (exact) mass is 2020 g/mol. The van der Waals surface area contributed by atoms with Gasteiger partial charge in [0.1, 0.15) is 111 Å². The number of ketones is 8. The number of phenolic OH excluding ortho intramolecular Hbond substituents is 1. The third kappa shape index (κ3) is 17.8. The highest BCUT2D eigenvalue weighted by Crippen LogP contribution is 2.59. The van der Waals surface area contributed by atoms with E-state index in [9.17, 15) is 114 Å². The number of fused-ring (bicyclic) bond motifs is 12. The molecule has 0 unspecified atom stereocenters. The van der Waals surface area contributed by atoms with Crippen molar-refractivity contribution in [1.82, 2.24) is 19.6 Å². The normalized spacial score (nSPS) is 27.1. The van der Waals surface area contributed by atoms with Gasteiger partial charge in [0, 0.05) is 46.0 Å². The van der Waals surface area contributed by atoms with Crippen LogP contribution in [0.25, 0.3) is 23.0 Å². The largest absolute Gasteiger partial charge is 0.508 e. The Balaban J connectivity index is 0.000000142. The molecule has 0 bridgehead atoms. The van der Waals surface area contributed by atoms with Gasteiger partial charge in [0.2, 0.25) is 34.7 Å². The van der Waals surface area contributed by atoms with E-state index in [0.29, 0.717) is 78.4 Å². The third-order valence-electron chi connectivity index (χ3n) is 30.7. The van der Waals surface area contributed by atoms with Crippen LogP contribution < -0.4 is 37.1 Å². The van der Waals surface area contributed by atoms with Crippen LogP contribution in [0.1, 0.15) is 120 Å². The fourth-order valence-electron chi connectivity index (χ4n) is 24.1. The first-order valence-electron chi connectivity index (χ1n) is 48.9. The molecule has 4 saturated carbocycles. The van der Waals surface area contributed by atoms with Gasteiger partial charge in [-0.25, -0.2) is 0 Å². The van der Waals surface area contributed by atoms with Gasteiger partial charge in [-0.15, -0.1) is 0 Å². The van der Waals surface area contributed by atoms with E-state index in [2.05, 4.69) is 0 Å². The number of Topliss-reactive ketones (excluding diaryl/α,β-unsaturated/α-hetero) is 8. The molecule has 0 spiro atoms. The molecule has 4 fully saturated rings. The lowest BCUT2D eigenvalue weighted by molar-refractivity contribution is -0.164. The third-order valence-corrected chi connectivity index (χ3v) is 30.7. The maximum Gasteiger partial charge on any atom is 0.255 e. The van der Waals surface area contributed by atoms with Gasteiger partial charge >= 0.3 is 0 Å². The molecule has 7 aromatic rings. The van der Waals surface area contributed by atoms with Gasteiger partial charge in [-0.2, -0.15) is 0 Å². The minimum absolute atomic E-state index is 0.0133. The van der Waals surface area contributed by atoms with E-state index < -0.39 is 203 Å². The zero-order valence-electron chi connectivity index (χ0n) is 83.3. The molecule has 12 aliphatic rings. The second-order valence-corrected chi connectivity index (χ2v) is 40.4. The van der Waals surface area contributed by atoms with E-state index >= 15 is 0 Å². The van der Waals surface area contributed by atoms with Gasteiger partial charge in [0.25, 0.3) is 23.6 Å². The van der Waals surface area contributed by atoms with Crippen LogP contribution in [0.4, 0.5) is 0 Å². The summed E-state index contributed by atoms with van der Waals surface area (Å²) in [5, 5.41) is 124. The number of amides is 4. The van der Waals surface area contributed by atoms with Crippen molar-refractivity contribution in [1.29, 1.82) is 0 Å². The Bertz CT molecular complexity index is 6950. The summed E-state index contributed by atoms with van der Waals surface area (Å²) in [5.74, 6) is -20.7. The number of ether oxygens (including phenoxy) is 5. The minimum atomic E-state index is -2.64. The fourth-order valence-corrected chi connectivity index (χ4v) is 24.1. The summed E-state index contributed by atoms with van der Waals surface area (Å²) in [4.78, 5) is 165. The van der Waals surface area contributed by atoms with Crippen LogP contribution >= 0.6 is 0 Å². The second-order valence-electron chi connectivity index (χ2n) is 40.4. The van der Waals surface area contributed by atoms with Crippen molar-refractivity contribution in [2.45, 2.75) is 151 Å². The predicted octanol–water partition coefficient (Wildman–Crippen LogP) is 7.60. The average Bonchev–Trinajstić information content (AvgIpc) is 0.710. The fraction of sp³-hybridized carbons (Fsp3) is 0.375. The zero-order valence-corrected chi connectivity index (χ0v) is 83.3. The lowest BCUT2D eigenvalue weighted by Crippen LogP contribution is -2.67. The Morgan fingerprint density at radius 1 is 0.318 bits per heavy atom. The van der Waals surface area contributed by atoms with E-state index in [1.165, 1.54) is 15.9 Å². The predicted molar refractivity (Wildman–Crippen MR) is 536 cm³/mol. The Labute approximate surface area is 851 Å². The van der Waals surface area contributed by atoms with Gasteiger partial charge in [0.15, 0.2) is 34.0 Å². The minimum Gasteiger partial charge on any atom is -0.508 e. The molecule has 0 aliphatic heterocycles. The number of carbonyl (C=O) groups is 12.